The van der Waals surface area contributed by atoms with E-state index in [1.807, 2.05) is 66.7 Å². The molecule has 0 aliphatic carbocycles. The molecule has 2 N–H and O–H groups in total. The maximum Gasteiger partial charge on any atom is 0.248 e. The number of halogens is 1. The summed E-state index contributed by atoms with van der Waals surface area (Å²) in [5.74, 6) is -0.348. The maximum atomic E-state index is 13.1. The van der Waals surface area contributed by atoms with Crippen LogP contribution in [-0.2, 0) is 16.8 Å². The molecule has 3 aromatic carbocycles. The van der Waals surface area contributed by atoms with Crippen molar-refractivity contribution in [3.63, 3.8) is 0 Å². The second-order valence-corrected chi connectivity index (χ2v) is 8.11. The molecular weight excluding hydrogens is 424 g/mol. The van der Waals surface area contributed by atoms with Crippen LogP contribution in [0.25, 0.3) is 6.08 Å². The molecule has 1 aliphatic heterocycles. The van der Waals surface area contributed by atoms with Crippen molar-refractivity contribution in [3.8, 4) is 0 Å². The highest BCUT2D eigenvalue weighted by Gasteiger charge is 2.46. The molecule has 0 unspecified atom stereocenters. The van der Waals surface area contributed by atoms with E-state index in [9.17, 15) is 4.79 Å². The lowest BCUT2D eigenvalue weighted by atomic mass is 9.83. The van der Waals surface area contributed by atoms with Gasteiger partial charge in [-0.25, -0.2) is 0 Å². The van der Waals surface area contributed by atoms with E-state index in [2.05, 4.69) is 45.1 Å². The van der Waals surface area contributed by atoms with Gasteiger partial charge in [0.2, 0.25) is 5.91 Å². The first-order chi connectivity index (χ1) is 14.1. The van der Waals surface area contributed by atoms with Crippen LogP contribution in [0.15, 0.2) is 89.4 Å². The van der Waals surface area contributed by atoms with Gasteiger partial charge in [0.25, 0.3) is 0 Å². The monoisotopic (exact) mass is 446 g/mol. The SMILES string of the molecule is NC(=O)[C@](C/C=C/c1ccccc1)(c1ccccc1Br)N1CCc2ccccc21. The third-order valence-corrected chi connectivity index (χ3v) is 6.29. The molecule has 4 heteroatoms. The predicted octanol–water partition coefficient (Wildman–Crippen LogP) is 5.30. The van der Waals surface area contributed by atoms with E-state index in [0.29, 0.717) is 6.42 Å². The summed E-state index contributed by atoms with van der Waals surface area (Å²) in [5.41, 5.74) is 9.49. The molecule has 3 nitrogen and oxygen atoms in total. The Balaban J connectivity index is 1.83. The minimum absolute atomic E-state index is 0.348. The van der Waals surface area contributed by atoms with Crippen LogP contribution in [-0.4, -0.2) is 12.5 Å². The highest BCUT2D eigenvalue weighted by molar-refractivity contribution is 9.10. The van der Waals surface area contributed by atoms with E-state index in [1.54, 1.807) is 0 Å². The fourth-order valence-corrected chi connectivity index (χ4v) is 4.81. The molecule has 1 aliphatic rings. The number of hydrogen-bond acceptors (Lipinski definition) is 2. The van der Waals surface area contributed by atoms with Crippen LogP contribution in [0.5, 0.6) is 0 Å². The van der Waals surface area contributed by atoms with Gasteiger partial charge < -0.3 is 10.6 Å². The lowest BCUT2D eigenvalue weighted by Crippen LogP contribution is -2.55. The van der Waals surface area contributed by atoms with E-state index < -0.39 is 5.54 Å². The Morgan fingerprint density at radius 1 is 1.00 bits per heavy atom. The Kier molecular flexibility index (Phi) is 5.54. The van der Waals surface area contributed by atoms with Crippen molar-refractivity contribution in [2.75, 3.05) is 11.4 Å². The van der Waals surface area contributed by atoms with Crippen LogP contribution in [0.1, 0.15) is 23.1 Å². The molecule has 1 atom stereocenters. The normalized spacial score (nSPS) is 15.3. The molecule has 3 aromatic rings. The second kappa shape index (κ2) is 8.26. The number of primary amides is 1. The summed E-state index contributed by atoms with van der Waals surface area (Å²) in [6.07, 6.45) is 5.49. The molecule has 4 rings (SSSR count). The maximum absolute atomic E-state index is 13.1. The standard InChI is InChI=1S/C25H23BrN2O/c26-22-14-6-5-13-21(22)25(24(27)29,17-8-11-19-9-2-1-3-10-19)28-18-16-20-12-4-7-15-23(20)28/h1-15H,16-18H2,(H2,27,29)/b11-8+/t25-/m0/s1. The number of carbonyl (C=O) groups excluding carboxylic acids is 1. The predicted molar refractivity (Wildman–Crippen MR) is 123 cm³/mol. The number of amides is 1. The Morgan fingerprint density at radius 3 is 2.45 bits per heavy atom. The summed E-state index contributed by atoms with van der Waals surface area (Å²) in [6, 6.07) is 26.2. The van der Waals surface area contributed by atoms with Gasteiger partial charge in [-0.2, -0.15) is 0 Å². The van der Waals surface area contributed by atoms with Crippen molar-refractivity contribution >= 4 is 33.6 Å². The van der Waals surface area contributed by atoms with Crippen LogP contribution >= 0.6 is 15.9 Å². The molecule has 29 heavy (non-hydrogen) atoms. The van der Waals surface area contributed by atoms with E-state index in [0.717, 1.165) is 34.3 Å². The summed E-state index contributed by atoms with van der Waals surface area (Å²) in [6.45, 7) is 0.753. The van der Waals surface area contributed by atoms with Crippen LogP contribution < -0.4 is 10.6 Å². The van der Waals surface area contributed by atoms with Gasteiger partial charge in [-0.3, -0.25) is 4.79 Å². The number of nitrogens with two attached hydrogens (primary N) is 1. The van der Waals surface area contributed by atoms with Gasteiger partial charge in [-0.15, -0.1) is 0 Å². The fourth-order valence-electron chi connectivity index (χ4n) is 4.19. The number of para-hydroxylation sites is 1. The third kappa shape index (κ3) is 3.60. The van der Waals surface area contributed by atoms with E-state index in [-0.39, 0.29) is 5.91 Å². The molecule has 146 valence electrons. The number of hydrogen-bond donors (Lipinski definition) is 1. The van der Waals surface area contributed by atoms with Gasteiger partial charge in [0.1, 0.15) is 5.54 Å². The van der Waals surface area contributed by atoms with Crippen LogP contribution in [0.4, 0.5) is 5.69 Å². The summed E-state index contributed by atoms with van der Waals surface area (Å²) < 4.78 is 0.885. The average Bonchev–Trinajstić information content (AvgIpc) is 3.17. The van der Waals surface area contributed by atoms with E-state index >= 15 is 0 Å². The van der Waals surface area contributed by atoms with Crippen molar-refractivity contribution in [1.29, 1.82) is 0 Å². The Morgan fingerprint density at radius 2 is 1.69 bits per heavy atom. The van der Waals surface area contributed by atoms with Gasteiger partial charge in [-0.05, 0) is 29.7 Å². The molecule has 1 amide bonds. The summed E-state index contributed by atoms with van der Waals surface area (Å²) >= 11 is 3.67. The van der Waals surface area contributed by atoms with Crippen LogP contribution in [0.3, 0.4) is 0 Å². The average molecular weight is 447 g/mol. The summed E-state index contributed by atoms with van der Waals surface area (Å²) in [4.78, 5) is 15.3. The molecule has 0 saturated heterocycles. The topological polar surface area (TPSA) is 46.3 Å². The van der Waals surface area contributed by atoms with Crippen molar-refractivity contribution in [1.82, 2.24) is 0 Å². The Labute approximate surface area is 180 Å². The summed E-state index contributed by atoms with van der Waals surface area (Å²) in [7, 11) is 0. The summed E-state index contributed by atoms with van der Waals surface area (Å²) in [5, 5.41) is 0. The zero-order chi connectivity index (χ0) is 20.3. The number of anilines is 1. The van der Waals surface area contributed by atoms with E-state index in [4.69, 9.17) is 5.73 Å². The van der Waals surface area contributed by atoms with Gasteiger partial charge >= 0.3 is 0 Å². The molecule has 0 bridgehead atoms. The first-order valence-corrected chi connectivity index (χ1v) is 10.5. The number of benzene rings is 3. The lowest BCUT2D eigenvalue weighted by molar-refractivity contribution is -0.123. The zero-order valence-corrected chi connectivity index (χ0v) is 17.7. The van der Waals surface area contributed by atoms with Gasteiger partial charge in [0.15, 0.2) is 0 Å². The fraction of sp³-hybridized carbons (Fsp3) is 0.160. The number of rotatable bonds is 6. The van der Waals surface area contributed by atoms with Crippen LogP contribution in [0.2, 0.25) is 0 Å². The highest BCUT2D eigenvalue weighted by atomic mass is 79.9. The Hall–Kier alpha value is -2.85. The molecule has 0 fully saturated rings. The van der Waals surface area contributed by atoms with Crippen molar-refractivity contribution in [2.24, 2.45) is 5.73 Å². The van der Waals surface area contributed by atoms with Gasteiger partial charge in [0.05, 0.1) is 0 Å². The quantitative estimate of drug-likeness (QED) is 0.558. The third-order valence-electron chi connectivity index (χ3n) is 5.60. The van der Waals surface area contributed by atoms with Crippen molar-refractivity contribution in [3.05, 3.63) is 106 Å². The molecule has 0 radical (unpaired) electrons. The molecule has 0 saturated carbocycles. The Bertz CT molecular complexity index is 1050. The highest BCUT2D eigenvalue weighted by Crippen LogP contribution is 2.43. The number of nitrogens with zero attached hydrogens (tertiary/aromatic N) is 1. The van der Waals surface area contributed by atoms with Crippen molar-refractivity contribution < 1.29 is 4.79 Å². The number of carbonyl (C=O) groups is 1. The second-order valence-electron chi connectivity index (χ2n) is 7.25. The smallest absolute Gasteiger partial charge is 0.248 e. The molecular formula is C25H23BrN2O. The largest absolute Gasteiger partial charge is 0.367 e. The minimum Gasteiger partial charge on any atom is -0.367 e. The lowest BCUT2D eigenvalue weighted by Gasteiger charge is -2.41. The minimum atomic E-state index is -0.974. The zero-order valence-electron chi connectivity index (χ0n) is 16.1. The first kappa shape index (κ1) is 19.5. The van der Waals surface area contributed by atoms with Gasteiger partial charge in [0, 0.05) is 28.7 Å². The van der Waals surface area contributed by atoms with Crippen LogP contribution in [0, 0.1) is 0 Å². The first-order valence-electron chi connectivity index (χ1n) is 9.75. The van der Waals surface area contributed by atoms with Crippen molar-refractivity contribution in [2.45, 2.75) is 18.4 Å². The molecule has 0 aromatic heterocycles. The van der Waals surface area contributed by atoms with E-state index in [1.165, 1.54) is 5.56 Å². The molecule has 0 spiro atoms. The number of fused-ring (bicyclic) bond motifs is 1. The molecule has 1 heterocycles. The van der Waals surface area contributed by atoms with Gasteiger partial charge in [-0.1, -0.05) is 94.8 Å².